The minimum Gasteiger partial charge on any atom is -0.505 e. The maximum atomic E-state index is 13.5. The average Bonchev–Trinajstić information content (AvgIpc) is 2.91. The monoisotopic (exact) mass is 300 g/mol. The van der Waals surface area contributed by atoms with Gasteiger partial charge in [-0.05, 0) is 30.7 Å². The van der Waals surface area contributed by atoms with Gasteiger partial charge in [-0.1, -0.05) is 6.92 Å². The molecule has 0 saturated carbocycles. The van der Waals surface area contributed by atoms with Crippen molar-refractivity contribution in [1.82, 2.24) is 4.98 Å². The summed E-state index contributed by atoms with van der Waals surface area (Å²) in [6.07, 6.45) is 0.627. The van der Waals surface area contributed by atoms with E-state index in [2.05, 4.69) is 9.98 Å². The Hall–Kier alpha value is -2.76. The molecule has 2 heterocycles. The van der Waals surface area contributed by atoms with E-state index in [0.717, 1.165) is 11.8 Å². The molecule has 0 atom stereocenters. The van der Waals surface area contributed by atoms with Gasteiger partial charge in [-0.3, -0.25) is 9.98 Å². The van der Waals surface area contributed by atoms with Crippen molar-refractivity contribution in [2.75, 3.05) is 0 Å². The number of aromatic hydroxyl groups is 1. The number of nitrogens with zero attached hydrogens (tertiary/aromatic N) is 2. The van der Waals surface area contributed by atoms with Crippen LogP contribution in [0.25, 0.3) is 11.3 Å². The zero-order valence-corrected chi connectivity index (χ0v) is 11.8. The number of halogens is 1. The van der Waals surface area contributed by atoms with Gasteiger partial charge in [0.15, 0.2) is 11.6 Å². The third kappa shape index (κ3) is 2.22. The number of aromatic nitrogens is 1. The van der Waals surface area contributed by atoms with E-state index in [1.54, 1.807) is 0 Å². The van der Waals surface area contributed by atoms with Gasteiger partial charge in [0, 0.05) is 16.8 Å². The van der Waals surface area contributed by atoms with E-state index in [4.69, 9.17) is 0 Å². The molecule has 1 aromatic heterocycles. The van der Waals surface area contributed by atoms with E-state index in [1.807, 2.05) is 6.92 Å². The van der Waals surface area contributed by atoms with Crippen molar-refractivity contribution >= 4 is 11.7 Å². The number of carboxylic acids is 1. The summed E-state index contributed by atoms with van der Waals surface area (Å²) in [6.45, 7) is 2.23. The first-order valence-electron chi connectivity index (χ1n) is 6.81. The van der Waals surface area contributed by atoms with Crippen LogP contribution in [0.5, 0.6) is 5.75 Å². The number of carboxylic acid groups (broad SMARTS) is 1. The molecular weight excluding hydrogens is 287 g/mol. The summed E-state index contributed by atoms with van der Waals surface area (Å²) in [4.78, 5) is 20.2. The number of phenolic OH excluding ortho intramolecular Hbond substituents is 1. The summed E-state index contributed by atoms with van der Waals surface area (Å²) in [5.74, 6) is -2.30. The molecule has 2 aromatic rings. The zero-order valence-electron chi connectivity index (χ0n) is 11.8. The van der Waals surface area contributed by atoms with E-state index in [-0.39, 0.29) is 5.56 Å². The molecule has 6 heteroatoms. The Bertz CT molecular complexity index is 815. The van der Waals surface area contributed by atoms with Gasteiger partial charge in [0.25, 0.3) is 0 Å². The lowest BCUT2D eigenvalue weighted by Crippen LogP contribution is -2.10. The zero-order chi connectivity index (χ0) is 15.9. The third-order valence-electron chi connectivity index (χ3n) is 3.61. The van der Waals surface area contributed by atoms with Crippen LogP contribution in [0.3, 0.4) is 0 Å². The minimum absolute atomic E-state index is 0.117. The number of rotatable bonds is 3. The molecular formula is C16H13FN2O3. The number of carbonyl (C=O) groups is 1. The number of pyridine rings is 1. The highest BCUT2D eigenvalue weighted by atomic mass is 19.1. The van der Waals surface area contributed by atoms with Crippen LogP contribution < -0.4 is 0 Å². The second-order valence-electron chi connectivity index (χ2n) is 4.96. The fourth-order valence-corrected chi connectivity index (χ4v) is 2.56. The van der Waals surface area contributed by atoms with Gasteiger partial charge in [-0.25, -0.2) is 9.18 Å². The van der Waals surface area contributed by atoms with Gasteiger partial charge in [-0.15, -0.1) is 0 Å². The highest BCUT2D eigenvalue weighted by Crippen LogP contribution is 2.29. The summed E-state index contributed by atoms with van der Waals surface area (Å²) in [6, 6.07) is 5.26. The Balaban J connectivity index is 2.18. The number of hydrogen-bond donors (Lipinski definition) is 2. The summed E-state index contributed by atoms with van der Waals surface area (Å²) in [5, 5.41) is 18.7. The van der Waals surface area contributed by atoms with Crippen LogP contribution in [0.4, 0.5) is 4.39 Å². The lowest BCUT2D eigenvalue weighted by Gasteiger charge is -2.10. The molecule has 1 aliphatic rings. The fourth-order valence-electron chi connectivity index (χ4n) is 2.56. The predicted octanol–water partition coefficient (Wildman–Crippen LogP) is 3.00. The Labute approximate surface area is 125 Å². The van der Waals surface area contributed by atoms with Crippen LogP contribution >= 0.6 is 0 Å². The Morgan fingerprint density at radius 1 is 1.36 bits per heavy atom. The van der Waals surface area contributed by atoms with E-state index >= 15 is 0 Å². The van der Waals surface area contributed by atoms with E-state index < -0.39 is 17.5 Å². The molecule has 22 heavy (non-hydrogen) atoms. The average molecular weight is 300 g/mol. The molecule has 1 aromatic carbocycles. The summed E-state index contributed by atoms with van der Waals surface area (Å²) >= 11 is 0. The second kappa shape index (κ2) is 5.22. The first-order chi connectivity index (χ1) is 10.5. The minimum atomic E-state index is -1.07. The smallest absolute Gasteiger partial charge is 0.336 e. The van der Waals surface area contributed by atoms with Crippen LogP contribution in [-0.4, -0.2) is 26.9 Å². The normalized spacial score (nSPS) is 12.9. The lowest BCUT2D eigenvalue weighted by atomic mass is 9.99. The van der Waals surface area contributed by atoms with E-state index in [9.17, 15) is 19.4 Å². The standard InChI is InChI=1S/C16H13FN2O3/c1-2-11-15-9(16(21)22)6-12(19-13(15)7-18-11)8-3-4-14(20)10(17)5-8/h3-6,20H,2,7H2,1H3,(H,21,22). The largest absolute Gasteiger partial charge is 0.505 e. The number of hydrogen-bond acceptors (Lipinski definition) is 4. The van der Waals surface area contributed by atoms with Crippen LogP contribution in [0, 0.1) is 5.82 Å². The molecule has 5 nitrogen and oxygen atoms in total. The maximum absolute atomic E-state index is 13.5. The van der Waals surface area contributed by atoms with Gasteiger partial charge in [-0.2, -0.15) is 0 Å². The van der Waals surface area contributed by atoms with Gasteiger partial charge in [0.2, 0.25) is 0 Å². The second-order valence-corrected chi connectivity index (χ2v) is 4.96. The van der Waals surface area contributed by atoms with Gasteiger partial charge < -0.3 is 10.2 Å². The van der Waals surface area contributed by atoms with Crippen molar-refractivity contribution in [2.24, 2.45) is 4.99 Å². The van der Waals surface area contributed by atoms with Crippen molar-refractivity contribution in [3.63, 3.8) is 0 Å². The molecule has 2 N–H and O–H groups in total. The van der Waals surface area contributed by atoms with E-state index in [1.165, 1.54) is 18.2 Å². The molecule has 3 rings (SSSR count). The molecule has 0 bridgehead atoms. The van der Waals surface area contributed by atoms with Crippen molar-refractivity contribution in [2.45, 2.75) is 19.9 Å². The summed E-state index contributed by atoms with van der Waals surface area (Å²) in [7, 11) is 0. The quantitative estimate of drug-likeness (QED) is 0.912. The van der Waals surface area contributed by atoms with Gasteiger partial charge >= 0.3 is 5.97 Å². The van der Waals surface area contributed by atoms with Crippen LogP contribution in [0.2, 0.25) is 0 Å². The molecule has 1 aliphatic heterocycles. The number of aromatic carboxylic acids is 1. The van der Waals surface area contributed by atoms with Crippen molar-refractivity contribution in [3.05, 3.63) is 46.9 Å². The maximum Gasteiger partial charge on any atom is 0.336 e. The first kappa shape index (κ1) is 14.2. The molecule has 0 radical (unpaired) electrons. The van der Waals surface area contributed by atoms with Gasteiger partial charge in [0.05, 0.1) is 23.5 Å². The molecule has 0 saturated heterocycles. The summed E-state index contributed by atoms with van der Waals surface area (Å²) < 4.78 is 13.5. The number of fused-ring (bicyclic) bond motifs is 1. The number of aliphatic imine (C=N–C) groups is 1. The third-order valence-corrected chi connectivity index (χ3v) is 3.61. The SMILES string of the molecule is CCC1=NCc2nc(-c3ccc(O)c(F)c3)cc(C(=O)O)c21. The fraction of sp³-hybridized carbons (Fsp3) is 0.188. The van der Waals surface area contributed by atoms with Crippen LogP contribution in [0.1, 0.15) is 35.0 Å². The van der Waals surface area contributed by atoms with Crippen molar-refractivity contribution in [1.29, 1.82) is 0 Å². The van der Waals surface area contributed by atoms with Crippen molar-refractivity contribution < 1.29 is 19.4 Å². The molecule has 0 aliphatic carbocycles. The van der Waals surface area contributed by atoms with Crippen molar-refractivity contribution in [3.8, 4) is 17.0 Å². The molecule has 112 valence electrons. The number of benzene rings is 1. The predicted molar refractivity (Wildman–Crippen MR) is 78.8 cm³/mol. The molecule has 0 fully saturated rings. The highest BCUT2D eigenvalue weighted by molar-refractivity contribution is 6.11. The molecule has 0 spiro atoms. The first-order valence-corrected chi connectivity index (χ1v) is 6.81. The molecule has 0 amide bonds. The Morgan fingerprint density at radius 2 is 2.14 bits per heavy atom. The molecule has 0 unspecified atom stereocenters. The summed E-state index contributed by atoms with van der Waals surface area (Å²) in [5.41, 5.74) is 2.75. The Morgan fingerprint density at radius 3 is 2.77 bits per heavy atom. The topological polar surface area (TPSA) is 82.8 Å². The lowest BCUT2D eigenvalue weighted by molar-refractivity contribution is 0.0696. The van der Waals surface area contributed by atoms with Crippen LogP contribution in [-0.2, 0) is 6.54 Å². The van der Waals surface area contributed by atoms with Crippen LogP contribution in [0.15, 0.2) is 29.3 Å². The van der Waals surface area contributed by atoms with E-state index in [0.29, 0.717) is 35.5 Å². The van der Waals surface area contributed by atoms with Gasteiger partial charge in [0.1, 0.15) is 0 Å². The highest BCUT2D eigenvalue weighted by Gasteiger charge is 2.25. The Kier molecular flexibility index (Phi) is 3.36. The number of phenols is 1.